The maximum Gasteiger partial charge on any atom is 0.306 e. The Morgan fingerprint density at radius 1 is 1.38 bits per heavy atom. The molecule has 1 aromatic heterocycles. The van der Waals surface area contributed by atoms with Crippen LogP contribution in [0.25, 0.3) is 10.9 Å². The number of fused-ring (bicyclic) bond motifs is 3. The Morgan fingerprint density at radius 2 is 2.19 bits per heavy atom. The predicted octanol–water partition coefficient (Wildman–Crippen LogP) is 3.08. The van der Waals surface area contributed by atoms with E-state index in [4.69, 9.17) is 4.74 Å². The average molecular weight is 352 g/mol. The molecule has 0 amide bonds. The second kappa shape index (κ2) is 5.21. The molecule has 26 heavy (non-hydrogen) atoms. The van der Waals surface area contributed by atoms with E-state index in [0.29, 0.717) is 6.42 Å². The first-order valence-corrected chi connectivity index (χ1v) is 9.45. The third-order valence-corrected chi connectivity index (χ3v) is 6.50. The van der Waals surface area contributed by atoms with E-state index in [0.717, 1.165) is 42.5 Å². The van der Waals surface area contributed by atoms with Crippen LogP contribution in [0.3, 0.4) is 0 Å². The van der Waals surface area contributed by atoms with Gasteiger partial charge in [0.15, 0.2) is 0 Å². The predicted molar refractivity (Wildman–Crippen MR) is 98.4 cm³/mol. The summed E-state index contributed by atoms with van der Waals surface area (Å²) in [5, 5.41) is 12.8. The molecule has 0 saturated heterocycles. The molecule has 0 radical (unpaired) electrons. The minimum atomic E-state index is -1.66. The molecule has 5 rings (SSSR count). The van der Waals surface area contributed by atoms with E-state index in [9.17, 15) is 9.90 Å². The number of carbonyl (C=O) groups excluding carboxylic acids is 1. The number of aliphatic hydroxyl groups is 1. The normalized spacial score (nSPS) is 32.5. The molecule has 136 valence electrons. The summed E-state index contributed by atoms with van der Waals surface area (Å²) in [5.41, 5.74) is 3.13. The van der Waals surface area contributed by atoms with Crippen LogP contribution < -0.4 is 0 Å². The lowest BCUT2D eigenvalue weighted by atomic mass is 9.66. The summed E-state index contributed by atoms with van der Waals surface area (Å²) in [4.78, 5) is 14.4. The lowest BCUT2D eigenvalue weighted by molar-refractivity contribution is -0.277. The van der Waals surface area contributed by atoms with Crippen LogP contribution >= 0.6 is 0 Å². The molecule has 3 aliphatic heterocycles. The molecule has 0 saturated carbocycles. The average Bonchev–Trinajstić information content (AvgIpc) is 2.96. The summed E-state index contributed by atoms with van der Waals surface area (Å²) in [5.74, 6) is -2.12. The van der Waals surface area contributed by atoms with Gasteiger partial charge in [0.1, 0.15) is 0 Å². The van der Waals surface area contributed by atoms with Crippen molar-refractivity contribution < 1.29 is 14.6 Å². The first-order valence-electron chi connectivity index (χ1n) is 9.45. The second-order valence-electron chi connectivity index (χ2n) is 7.87. The van der Waals surface area contributed by atoms with Gasteiger partial charge in [0.05, 0.1) is 11.6 Å². The molecule has 0 aliphatic carbocycles. The molecular weight excluding hydrogens is 328 g/mol. The van der Waals surface area contributed by atoms with Crippen molar-refractivity contribution in [2.24, 2.45) is 5.41 Å². The summed E-state index contributed by atoms with van der Waals surface area (Å²) in [6, 6.07) is 8.36. The Labute approximate surface area is 152 Å². The standard InChI is InChI=1S/C21H24N2O3/c1-3-20-10-6-11-22-12-9-16-15-7-4-5-8-17(15)23(18(16)19(20)22)21(25,13-20)26-14(2)24/h4-8,10,19,25H,3,9,11-13H2,1-2H3/t19-,20+,21-/m1/s1. The molecule has 1 N–H and O–H groups in total. The number of para-hydroxylation sites is 1. The molecular formula is C21H24N2O3. The first kappa shape index (κ1) is 16.1. The van der Waals surface area contributed by atoms with Crippen LogP contribution in [-0.2, 0) is 21.9 Å². The van der Waals surface area contributed by atoms with Crippen molar-refractivity contribution in [3.05, 3.63) is 47.7 Å². The van der Waals surface area contributed by atoms with Crippen molar-refractivity contribution in [3.63, 3.8) is 0 Å². The number of aromatic nitrogens is 1. The van der Waals surface area contributed by atoms with Crippen molar-refractivity contribution in [1.29, 1.82) is 0 Å². The fraction of sp³-hybridized carbons (Fsp3) is 0.476. The van der Waals surface area contributed by atoms with E-state index in [1.807, 2.05) is 22.8 Å². The van der Waals surface area contributed by atoms with Crippen molar-refractivity contribution in [2.75, 3.05) is 13.1 Å². The van der Waals surface area contributed by atoms with Crippen LogP contribution in [0, 0.1) is 5.41 Å². The summed E-state index contributed by atoms with van der Waals surface area (Å²) >= 11 is 0. The van der Waals surface area contributed by atoms with Crippen LogP contribution in [0.15, 0.2) is 36.4 Å². The van der Waals surface area contributed by atoms with Crippen LogP contribution in [0.2, 0.25) is 0 Å². The molecule has 1 aromatic carbocycles. The Morgan fingerprint density at radius 3 is 2.96 bits per heavy atom. The summed E-state index contributed by atoms with van der Waals surface area (Å²) < 4.78 is 7.49. The molecule has 0 unspecified atom stereocenters. The highest BCUT2D eigenvalue weighted by Gasteiger charge is 2.57. The number of benzene rings is 1. The molecule has 0 bridgehead atoms. The fourth-order valence-electron chi connectivity index (χ4n) is 5.57. The summed E-state index contributed by atoms with van der Waals surface area (Å²) in [6.07, 6.45) is 6.66. The summed E-state index contributed by atoms with van der Waals surface area (Å²) in [7, 11) is 0. The van der Waals surface area contributed by atoms with E-state index >= 15 is 0 Å². The van der Waals surface area contributed by atoms with Gasteiger partial charge in [0.25, 0.3) is 5.91 Å². The van der Waals surface area contributed by atoms with Gasteiger partial charge in [-0.2, -0.15) is 0 Å². The van der Waals surface area contributed by atoms with Crippen LogP contribution in [-0.4, -0.2) is 33.6 Å². The van der Waals surface area contributed by atoms with Crippen molar-refractivity contribution in [3.8, 4) is 0 Å². The highest BCUT2D eigenvalue weighted by atomic mass is 16.7. The zero-order valence-electron chi connectivity index (χ0n) is 15.2. The van der Waals surface area contributed by atoms with E-state index < -0.39 is 11.9 Å². The number of rotatable bonds is 2. The molecule has 0 fully saturated rings. The maximum atomic E-state index is 11.9. The number of ether oxygens (including phenoxy) is 1. The van der Waals surface area contributed by atoms with Gasteiger partial charge in [0, 0.05) is 42.9 Å². The molecule has 5 nitrogen and oxygen atoms in total. The Balaban J connectivity index is 1.88. The Kier molecular flexibility index (Phi) is 3.22. The maximum absolute atomic E-state index is 11.9. The van der Waals surface area contributed by atoms with Crippen LogP contribution in [0.1, 0.15) is 44.0 Å². The van der Waals surface area contributed by atoms with Gasteiger partial charge < -0.3 is 9.84 Å². The number of nitrogens with zero attached hydrogens (tertiary/aromatic N) is 2. The quantitative estimate of drug-likeness (QED) is 0.513. The van der Waals surface area contributed by atoms with Crippen LogP contribution in [0.4, 0.5) is 0 Å². The van der Waals surface area contributed by atoms with Gasteiger partial charge in [-0.05, 0) is 24.5 Å². The Bertz CT molecular complexity index is 946. The number of carbonyl (C=O) groups is 1. The molecule has 2 aromatic rings. The molecule has 3 atom stereocenters. The minimum Gasteiger partial charge on any atom is -0.414 e. The SMILES string of the molecule is CC[C@]12C=CCN3CCc4c(n(c5ccccc45)[C@](O)(OC(C)=O)C1)[C@@H]32. The van der Waals surface area contributed by atoms with E-state index in [1.165, 1.54) is 12.5 Å². The van der Waals surface area contributed by atoms with Gasteiger partial charge in [0.2, 0.25) is 0 Å². The fourth-order valence-corrected chi connectivity index (χ4v) is 5.57. The topological polar surface area (TPSA) is 54.7 Å². The lowest BCUT2D eigenvalue weighted by Gasteiger charge is -2.55. The van der Waals surface area contributed by atoms with Gasteiger partial charge >= 0.3 is 5.97 Å². The largest absolute Gasteiger partial charge is 0.414 e. The molecule has 5 heteroatoms. The zero-order valence-corrected chi connectivity index (χ0v) is 15.2. The zero-order chi connectivity index (χ0) is 18.1. The second-order valence-corrected chi connectivity index (χ2v) is 7.87. The smallest absolute Gasteiger partial charge is 0.306 e. The van der Waals surface area contributed by atoms with E-state index in [1.54, 1.807) is 0 Å². The van der Waals surface area contributed by atoms with Crippen molar-refractivity contribution >= 4 is 16.9 Å². The molecule has 3 aliphatic rings. The Hall–Kier alpha value is -2.11. The lowest BCUT2D eigenvalue weighted by Crippen LogP contribution is -2.57. The van der Waals surface area contributed by atoms with Gasteiger partial charge in [-0.1, -0.05) is 37.3 Å². The third kappa shape index (κ3) is 1.90. The van der Waals surface area contributed by atoms with Gasteiger partial charge in [-0.25, -0.2) is 0 Å². The number of hydrogen-bond acceptors (Lipinski definition) is 4. The minimum absolute atomic E-state index is 0.212. The van der Waals surface area contributed by atoms with E-state index in [-0.39, 0.29) is 11.5 Å². The third-order valence-electron chi connectivity index (χ3n) is 6.50. The number of hydrogen-bond donors (Lipinski definition) is 1. The number of esters is 1. The van der Waals surface area contributed by atoms with Gasteiger partial charge in [-0.15, -0.1) is 0 Å². The van der Waals surface area contributed by atoms with Gasteiger partial charge in [-0.3, -0.25) is 14.3 Å². The molecule has 0 spiro atoms. The van der Waals surface area contributed by atoms with Crippen molar-refractivity contribution in [2.45, 2.75) is 45.1 Å². The first-order chi connectivity index (χ1) is 12.5. The highest BCUT2D eigenvalue weighted by molar-refractivity contribution is 5.87. The molecule has 4 heterocycles. The van der Waals surface area contributed by atoms with Crippen molar-refractivity contribution in [1.82, 2.24) is 9.47 Å². The summed E-state index contributed by atoms with van der Waals surface area (Å²) in [6.45, 7) is 5.47. The highest BCUT2D eigenvalue weighted by Crippen LogP contribution is 2.58. The van der Waals surface area contributed by atoms with E-state index in [2.05, 4.69) is 30.0 Å². The van der Waals surface area contributed by atoms with Crippen LogP contribution in [0.5, 0.6) is 0 Å². The monoisotopic (exact) mass is 352 g/mol.